The number of aromatic nitrogens is 2. The highest BCUT2D eigenvalue weighted by atomic mass is 19.3. The van der Waals surface area contributed by atoms with Gasteiger partial charge in [-0.3, -0.25) is 4.98 Å². The first-order valence-electron chi connectivity index (χ1n) is 8.32. The van der Waals surface area contributed by atoms with Crippen molar-refractivity contribution in [3.8, 4) is 0 Å². The molecular formula is C19H23FN2O2. The van der Waals surface area contributed by atoms with Gasteiger partial charge < -0.3 is 4.98 Å². The predicted molar refractivity (Wildman–Crippen MR) is 91.5 cm³/mol. The lowest BCUT2D eigenvalue weighted by molar-refractivity contribution is -0.0793. The minimum absolute atomic E-state index is 0.120. The van der Waals surface area contributed by atoms with E-state index >= 15 is 0 Å². The van der Waals surface area contributed by atoms with Crippen molar-refractivity contribution in [3.05, 3.63) is 41.2 Å². The van der Waals surface area contributed by atoms with E-state index in [1.54, 1.807) is 6.08 Å². The molecule has 0 saturated carbocycles. The Labute approximate surface area is 141 Å². The Morgan fingerprint density at radius 1 is 1.54 bits per heavy atom. The van der Waals surface area contributed by atoms with Crippen LogP contribution in [0.25, 0.3) is 11.0 Å². The second-order valence-corrected chi connectivity index (χ2v) is 7.63. The molecule has 1 unspecified atom stereocenters. The zero-order valence-electron chi connectivity index (χ0n) is 14.4. The molecule has 0 aromatic carbocycles. The number of hydrogen-bond donors (Lipinski definition) is 1. The van der Waals surface area contributed by atoms with Crippen LogP contribution in [0.2, 0.25) is 0 Å². The van der Waals surface area contributed by atoms with Crippen molar-refractivity contribution in [1.82, 2.24) is 9.97 Å². The predicted octanol–water partition coefficient (Wildman–Crippen LogP) is 4.48. The average molecular weight is 330 g/mol. The number of nitrogens with one attached hydrogen (secondary N) is 1. The maximum Gasteiger partial charge on any atom is 0.395 e. The Hall–Kier alpha value is -2.17. The topological polar surface area (TPSA) is 55.0 Å². The van der Waals surface area contributed by atoms with Crippen molar-refractivity contribution in [2.45, 2.75) is 46.5 Å². The standard InChI is InChI=1S/C19H23FN2O2/c1-5-6-13-16-15(22-17(13)18(23)24-20)10-11-9-12(19(2,3)4)7-8-14(11)21-16/h5,10,12,22H,1,6-9H2,2-4H3. The molecule has 5 heteroatoms. The van der Waals surface area contributed by atoms with Crippen LogP contribution >= 0.6 is 0 Å². The number of halogens is 1. The lowest BCUT2D eigenvalue weighted by atomic mass is 9.71. The Morgan fingerprint density at radius 2 is 2.29 bits per heavy atom. The van der Waals surface area contributed by atoms with Gasteiger partial charge in [-0.1, -0.05) is 26.8 Å². The number of aromatic amines is 1. The van der Waals surface area contributed by atoms with Gasteiger partial charge in [-0.2, -0.15) is 0 Å². The van der Waals surface area contributed by atoms with Crippen LogP contribution in [-0.4, -0.2) is 15.9 Å². The lowest BCUT2D eigenvalue weighted by Crippen LogP contribution is -2.27. The third kappa shape index (κ3) is 2.83. The molecule has 4 nitrogen and oxygen atoms in total. The van der Waals surface area contributed by atoms with Crippen molar-refractivity contribution < 1.29 is 14.3 Å². The summed E-state index contributed by atoms with van der Waals surface area (Å²) in [5.74, 6) is -0.419. The Bertz CT molecular complexity index is 802. The van der Waals surface area contributed by atoms with Crippen LogP contribution < -0.4 is 0 Å². The summed E-state index contributed by atoms with van der Waals surface area (Å²) in [5, 5.41) is 0. The summed E-state index contributed by atoms with van der Waals surface area (Å²) >= 11 is 0. The average Bonchev–Trinajstić information content (AvgIpc) is 2.89. The second-order valence-electron chi connectivity index (χ2n) is 7.63. The van der Waals surface area contributed by atoms with Crippen LogP contribution in [0.15, 0.2) is 18.7 Å². The van der Waals surface area contributed by atoms with Crippen molar-refractivity contribution in [2.75, 3.05) is 0 Å². The molecule has 0 bridgehead atoms. The number of carbonyl (C=O) groups is 1. The first kappa shape index (κ1) is 16.7. The Morgan fingerprint density at radius 3 is 2.92 bits per heavy atom. The molecule has 2 aromatic rings. The highest BCUT2D eigenvalue weighted by molar-refractivity contribution is 5.97. The van der Waals surface area contributed by atoms with Crippen LogP contribution in [0, 0.1) is 11.3 Å². The van der Waals surface area contributed by atoms with E-state index in [0.717, 1.165) is 30.5 Å². The monoisotopic (exact) mass is 330 g/mol. The largest absolute Gasteiger partial charge is 0.395 e. The highest BCUT2D eigenvalue weighted by Gasteiger charge is 2.30. The van der Waals surface area contributed by atoms with Crippen LogP contribution in [0.3, 0.4) is 0 Å². The molecule has 1 aliphatic carbocycles. The SMILES string of the molecule is C=CCc1c(C(=O)OF)[nH]c2cc3c(nc12)CCC(C(C)(C)C)C3. The Balaban J connectivity index is 2.10. The Kier molecular flexibility index (Phi) is 4.20. The van der Waals surface area contributed by atoms with Crippen molar-refractivity contribution in [3.63, 3.8) is 0 Å². The van der Waals surface area contributed by atoms with Crippen LogP contribution in [0.5, 0.6) is 0 Å². The minimum Gasteiger partial charge on any atom is -0.347 e. The van der Waals surface area contributed by atoms with E-state index in [4.69, 9.17) is 4.98 Å². The quantitative estimate of drug-likeness (QED) is 0.844. The van der Waals surface area contributed by atoms with Gasteiger partial charge in [0.1, 0.15) is 5.69 Å². The third-order valence-electron chi connectivity index (χ3n) is 5.08. The minimum atomic E-state index is -1.02. The van der Waals surface area contributed by atoms with Gasteiger partial charge in [0.15, 0.2) is 0 Å². The van der Waals surface area contributed by atoms with Gasteiger partial charge >= 0.3 is 5.97 Å². The summed E-state index contributed by atoms with van der Waals surface area (Å²) < 4.78 is 12.4. The number of rotatable bonds is 3. The van der Waals surface area contributed by atoms with E-state index in [2.05, 4.69) is 43.3 Å². The smallest absolute Gasteiger partial charge is 0.347 e. The number of nitrogens with zero attached hydrogens (tertiary/aromatic N) is 1. The molecular weight excluding hydrogens is 307 g/mol. The zero-order valence-corrected chi connectivity index (χ0v) is 14.4. The molecule has 1 atom stereocenters. The van der Waals surface area contributed by atoms with Crippen molar-refractivity contribution >= 4 is 17.0 Å². The maximum atomic E-state index is 12.4. The van der Waals surface area contributed by atoms with Crippen LogP contribution in [-0.2, 0) is 24.2 Å². The van der Waals surface area contributed by atoms with Gasteiger partial charge in [0.05, 0.1) is 11.0 Å². The fourth-order valence-corrected chi connectivity index (χ4v) is 3.61. The molecule has 0 spiro atoms. The van der Waals surface area contributed by atoms with Crippen molar-refractivity contribution in [2.24, 2.45) is 11.3 Å². The number of allylic oxidation sites excluding steroid dienone is 1. The number of fused-ring (bicyclic) bond motifs is 2. The molecule has 3 rings (SSSR count). The number of pyridine rings is 1. The molecule has 0 saturated heterocycles. The lowest BCUT2D eigenvalue weighted by Gasteiger charge is -2.34. The fourth-order valence-electron chi connectivity index (χ4n) is 3.61. The summed E-state index contributed by atoms with van der Waals surface area (Å²) in [6.07, 6.45) is 5.11. The van der Waals surface area contributed by atoms with E-state index in [1.165, 1.54) is 5.56 Å². The summed E-state index contributed by atoms with van der Waals surface area (Å²) in [4.78, 5) is 22.9. The van der Waals surface area contributed by atoms with E-state index < -0.39 is 5.97 Å². The molecule has 24 heavy (non-hydrogen) atoms. The maximum absolute atomic E-state index is 12.4. The molecule has 2 heterocycles. The van der Waals surface area contributed by atoms with Crippen LogP contribution in [0.4, 0.5) is 4.53 Å². The number of H-pyrrole nitrogens is 1. The van der Waals surface area contributed by atoms with Gasteiger partial charge in [0.25, 0.3) is 0 Å². The molecule has 0 amide bonds. The highest BCUT2D eigenvalue weighted by Crippen LogP contribution is 2.38. The van der Waals surface area contributed by atoms with Gasteiger partial charge in [-0.15, -0.1) is 6.58 Å². The molecule has 0 radical (unpaired) electrons. The summed E-state index contributed by atoms with van der Waals surface area (Å²) in [5.41, 5.74) is 4.76. The first-order valence-corrected chi connectivity index (χ1v) is 8.32. The first-order chi connectivity index (χ1) is 11.3. The summed E-state index contributed by atoms with van der Waals surface area (Å²) in [7, 11) is 0. The number of carbonyl (C=O) groups excluding carboxylic acids is 1. The molecule has 128 valence electrons. The number of aryl methyl sites for hydroxylation is 1. The second kappa shape index (κ2) is 6.04. The molecule has 0 fully saturated rings. The molecule has 2 aromatic heterocycles. The molecule has 0 aliphatic heterocycles. The van der Waals surface area contributed by atoms with Gasteiger partial charge in [0.2, 0.25) is 0 Å². The fraction of sp³-hybridized carbons (Fsp3) is 0.474. The van der Waals surface area contributed by atoms with E-state index in [0.29, 0.717) is 23.4 Å². The zero-order chi connectivity index (χ0) is 17.5. The summed E-state index contributed by atoms with van der Waals surface area (Å²) in [6, 6.07) is 2.05. The van der Waals surface area contributed by atoms with E-state index in [9.17, 15) is 9.32 Å². The van der Waals surface area contributed by atoms with E-state index in [1.807, 2.05) is 0 Å². The third-order valence-corrected chi connectivity index (χ3v) is 5.08. The van der Waals surface area contributed by atoms with Crippen LogP contribution in [0.1, 0.15) is 54.5 Å². The normalized spacial score (nSPS) is 17.6. The van der Waals surface area contributed by atoms with Crippen molar-refractivity contribution in [1.29, 1.82) is 0 Å². The van der Waals surface area contributed by atoms with Gasteiger partial charge in [-0.05, 0) is 48.6 Å². The molecule has 1 aliphatic rings. The summed E-state index contributed by atoms with van der Waals surface area (Å²) in [6.45, 7) is 10.5. The van der Waals surface area contributed by atoms with Gasteiger partial charge in [0, 0.05) is 15.8 Å². The molecule has 1 N–H and O–H groups in total. The number of hydrogen-bond acceptors (Lipinski definition) is 3. The van der Waals surface area contributed by atoms with E-state index in [-0.39, 0.29) is 11.1 Å². The van der Waals surface area contributed by atoms with Gasteiger partial charge in [-0.25, -0.2) is 9.74 Å².